The van der Waals surface area contributed by atoms with Gasteiger partial charge in [-0.2, -0.15) is 5.10 Å². The van der Waals surface area contributed by atoms with Crippen LogP contribution in [0.2, 0.25) is 0 Å². The highest BCUT2D eigenvalue weighted by Crippen LogP contribution is 2.39. The number of carbonyl (C=O) groups excluding carboxylic acids is 1. The Hall–Kier alpha value is -4.72. The molecule has 196 valence electrons. The van der Waals surface area contributed by atoms with Gasteiger partial charge in [-0.15, -0.1) is 0 Å². The molecule has 2 amide bonds. The van der Waals surface area contributed by atoms with Crippen molar-refractivity contribution < 1.29 is 13.6 Å². The number of amides is 2. The molecule has 0 saturated carbocycles. The molecule has 2 aromatic heterocycles. The lowest BCUT2D eigenvalue weighted by molar-refractivity contribution is 0.194. The Labute approximate surface area is 225 Å². The Morgan fingerprint density at radius 1 is 1.00 bits per heavy atom. The molecule has 3 aromatic carbocycles. The van der Waals surface area contributed by atoms with Gasteiger partial charge in [-0.3, -0.25) is 0 Å². The van der Waals surface area contributed by atoms with Gasteiger partial charge in [0.1, 0.15) is 17.5 Å². The minimum atomic E-state index is -0.544. The van der Waals surface area contributed by atoms with Gasteiger partial charge in [-0.1, -0.05) is 43.3 Å². The molecule has 8 heteroatoms. The largest absolute Gasteiger partial charge is 0.322 e. The molecule has 39 heavy (non-hydrogen) atoms. The van der Waals surface area contributed by atoms with Crippen LogP contribution >= 0.6 is 0 Å². The predicted octanol–water partition coefficient (Wildman–Crippen LogP) is 6.95. The standard InChI is InChI=1S/C31H27F2N5O/c1-3-27-25-19-37(31(39)34-23-16-11-20(2)26(33)18-23)29(21-12-14-22(32)15-13-21)28-10-7-17-36(28)30(25)38(35-27)24-8-5-4-6-9-24/h4-18,29H,3,19H2,1-2H3,(H,34,39). The van der Waals surface area contributed by atoms with Crippen LogP contribution in [0.15, 0.2) is 91.1 Å². The quantitative estimate of drug-likeness (QED) is 0.277. The highest BCUT2D eigenvalue weighted by atomic mass is 19.1. The van der Waals surface area contributed by atoms with Crippen LogP contribution in [0.3, 0.4) is 0 Å². The average Bonchev–Trinajstić information content (AvgIpc) is 3.53. The number of urea groups is 1. The fourth-order valence-corrected chi connectivity index (χ4v) is 5.21. The smallest absolute Gasteiger partial charge is 0.308 e. The van der Waals surface area contributed by atoms with Gasteiger partial charge < -0.3 is 14.8 Å². The molecule has 6 rings (SSSR count). The normalized spacial score (nSPS) is 14.5. The number of halogens is 2. The molecule has 0 fully saturated rings. The Morgan fingerprint density at radius 2 is 1.77 bits per heavy atom. The lowest BCUT2D eigenvalue weighted by Crippen LogP contribution is -2.38. The third-order valence-electron chi connectivity index (χ3n) is 7.17. The molecule has 1 aliphatic rings. The summed E-state index contributed by atoms with van der Waals surface area (Å²) in [6, 6.07) is 23.6. The molecule has 1 aliphatic heterocycles. The predicted molar refractivity (Wildman–Crippen MR) is 146 cm³/mol. The summed E-state index contributed by atoms with van der Waals surface area (Å²) < 4.78 is 32.2. The van der Waals surface area contributed by atoms with Gasteiger partial charge in [0.05, 0.1) is 29.7 Å². The average molecular weight is 524 g/mol. The van der Waals surface area contributed by atoms with Crippen LogP contribution in [0.4, 0.5) is 19.3 Å². The number of fused-ring (bicyclic) bond motifs is 3. The monoisotopic (exact) mass is 523 g/mol. The summed E-state index contributed by atoms with van der Waals surface area (Å²) in [6.07, 6.45) is 2.63. The highest BCUT2D eigenvalue weighted by Gasteiger charge is 2.36. The molecule has 1 unspecified atom stereocenters. The van der Waals surface area contributed by atoms with Gasteiger partial charge in [0.25, 0.3) is 0 Å². The Morgan fingerprint density at radius 3 is 2.49 bits per heavy atom. The maximum atomic E-state index is 14.3. The number of para-hydroxylation sites is 1. The van der Waals surface area contributed by atoms with Crippen molar-refractivity contribution in [1.29, 1.82) is 0 Å². The number of hydrogen-bond acceptors (Lipinski definition) is 2. The second-order valence-corrected chi connectivity index (χ2v) is 9.63. The summed E-state index contributed by atoms with van der Waals surface area (Å²) in [6.45, 7) is 3.96. The number of carbonyl (C=O) groups is 1. The third kappa shape index (κ3) is 4.37. The van der Waals surface area contributed by atoms with Crippen molar-refractivity contribution in [1.82, 2.24) is 19.2 Å². The molecule has 1 N–H and O–H groups in total. The zero-order chi connectivity index (χ0) is 27.1. The molecule has 0 radical (unpaired) electrons. The number of aryl methyl sites for hydroxylation is 2. The maximum Gasteiger partial charge on any atom is 0.322 e. The van der Waals surface area contributed by atoms with E-state index in [1.807, 2.05) is 60.3 Å². The summed E-state index contributed by atoms with van der Waals surface area (Å²) in [4.78, 5) is 15.7. The zero-order valence-corrected chi connectivity index (χ0v) is 21.6. The first-order valence-corrected chi connectivity index (χ1v) is 12.9. The van der Waals surface area contributed by atoms with Crippen LogP contribution in [-0.2, 0) is 13.0 Å². The van der Waals surface area contributed by atoms with E-state index in [0.717, 1.165) is 34.0 Å². The van der Waals surface area contributed by atoms with Gasteiger partial charge in [-0.05, 0) is 73.0 Å². The molecule has 0 spiro atoms. The lowest BCUT2D eigenvalue weighted by Gasteiger charge is -2.31. The van der Waals surface area contributed by atoms with Gasteiger partial charge in [0, 0.05) is 17.4 Å². The number of rotatable bonds is 4. The summed E-state index contributed by atoms with van der Waals surface area (Å²) in [5.41, 5.74) is 5.11. The number of anilines is 1. The van der Waals surface area contributed by atoms with Gasteiger partial charge in [0.15, 0.2) is 0 Å². The van der Waals surface area contributed by atoms with Crippen LogP contribution < -0.4 is 5.32 Å². The van der Waals surface area contributed by atoms with Gasteiger partial charge in [-0.25, -0.2) is 18.3 Å². The van der Waals surface area contributed by atoms with Crippen LogP contribution in [0, 0.1) is 18.6 Å². The van der Waals surface area contributed by atoms with Crippen molar-refractivity contribution in [2.24, 2.45) is 0 Å². The van der Waals surface area contributed by atoms with E-state index in [9.17, 15) is 13.6 Å². The number of benzene rings is 3. The van der Waals surface area contributed by atoms with Crippen LogP contribution in [-0.4, -0.2) is 25.3 Å². The fraction of sp³-hybridized carbons (Fsp3) is 0.161. The van der Waals surface area contributed by atoms with E-state index in [4.69, 9.17) is 5.10 Å². The number of nitrogens with zero attached hydrogens (tertiary/aromatic N) is 4. The van der Waals surface area contributed by atoms with E-state index < -0.39 is 17.9 Å². The summed E-state index contributed by atoms with van der Waals surface area (Å²) >= 11 is 0. The van der Waals surface area contributed by atoms with E-state index in [1.54, 1.807) is 36.1 Å². The van der Waals surface area contributed by atoms with Crippen LogP contribution in [0.25, 0.3) is 11.5 Å². The van der Waals surface area contributed by atoms with Crippen molar-refractivity contribution in [2.45, 2.75) is 32.9 Å². The summed E-state index contributed by atoms with van der Waals surface area (Å²) in [5.74, 6) is 0.0966. The van der Waals surface area contributed by atoms with Crippen molar-refractivity contribution in [3.05, 3.63) is 131 Å². The molecule has 0 saturated heterocycles. The second kappa shape index (κ2) is 9.87. The van der Waals surface area contributed by atoms with E-state index in [1.165, 1.54) is 18.2 Å². The van der Waals surface area contributed by atoms with Crippen molar-refractivity contribution in [3.8, 4) is 11.5 Å². The Balaban J connectivity index is 1.54. The molecule has 0 bridgehead atoms. The SMILES string of the molecule is CCc1nn(-c2ccccc2)c2c1CN(C(=O)Nc1ccc(C)c(F)c1)C(c1ccc(F)cc1)c1cccn1-2. The Kier molecular flexibility index (Phi) is 6.23. The van der Waals surface area contributed by atoms with Crippen LogP contribution in [0.5, 0.6) is 0 Å². The first-order valence-electron chi connectivity index (χ1n) is 12.9. The molecular formula is C31H27F2N5O. The second-order valence-electron chi connectivity index (χ2n) is 9.63. The van der Waals surface area contributed by atoms with Crippen molar-refractivity contribution in [2.75, 3.05) is 5.32 Å². The van der Waals surface area contributed by atoms with Crippen molar-refractivity contribution in [3.63, 3.8) is 0 Å². The van der Waals surface area contributed by atoms with Gasteiger partial charge >= 0.3 is 6.03 Å². The van der Waals surface area contributed by atoms with E-state index >= 15 is 0 Å². The van der Waals surface area contributed by atoms with E-state index in [0.29, 0.717) is 17.7 Å². The van der Waals surface area contributed by atoms with Gasteiger partial charge in [0.2, 0.25) is 0 Å². The highest BCUT2D eigenvalue weighted by molar-refractivity contribution is 5.90. The molecular weight excluding hydrogens is 496 g/mol. The summed E-state index contributed by atoms with van der Waals surface area (Å²) in [5, 5.41) is 7.83. The number of nitrogens with one attached hydrogen (secondary N) is 1. The maximum absolute atomic E-state index is 14.3. The number of hydrogen-bond donors (Lipinski definition) is 1. The topological polar surface area (TPSA) is 55.1 Å². The van der Waals surface area contributed by atoms with Crippen molar-refractivity contribution >= 4 is 11.7 Å². The third-order valence-corrected chi connectivity index (χ3v) is 7.17. The molecule has 0 aliphatic carbocycles. The minimum absolute atomic E-state index is 0.245. The lowest BCUT2D eigenvalue weighted by atomic mass is 10.0. The molecule has 1 atom stereocenters. The molecule has 3 heterocycles. The zero-order valence-electron chi connectivity index (χ0n) is 21.6. The van der Waals surface area contributed by atoms with E-state index in [2.05, 4.69) is 9.88 Å². The van der Waals surface area contributed by atoms with Crippen LogP contribution in [0.1, 0.15) is 41.0 Å². The first-order chi connectivity index (χ1) is 18.9. The molecule has 5 aromatic rings. The molecule has 6 nitrogen and oxygen atoms in total. The fourth-order valence-electron chi connectivity index (χ4n) is 5.21. The summed E-state index contributed by atoms with van der Waals surface area (Å²) in [7, 11) is 0. The van der Waals surface area contributed by atoms with E-state index in [-0.39, 0.29) is 12.4 Å². The number of aromatic nitrogens is 3. The minimum Gasteiger partial charge on any atom is -0.308 e. The first kappa shape index (κ1) is 24.6. The Bertz CT molecular complexity index is 1660.